The van der Waals surface area contributed by atoms with Gasteiger partial charge in [-0.05, 0) is 12.8 Å². The van der Waals surface area contributed by atoms with Crippen molar-refractivity contribution in [2.24, 2.45) is 17.8 Å². The first kappa shape index (κ1) is 14.2. The molecule has 108 valence electrons. The predicted octanol–water partition coefficient (Wildman–Crippen LogP) is -0.336. The van der Waals surface area contributed by atoms with Gasteiger partial charge in [-0.1, -0.05) is 0 Å². The van der Waals surface area contributed by atoms with Crippen molar-refractivity contribution in [2.45, 2.75) is 32.0 Å². The summed E-state index contributed by atoms with van der Waals surface area (Å²) in [6, 6.07) is 0. The number of rotatable bonds is 2. The van der Waals surface area contributed by atoms with Crippen LogP contribution in [0.1, 0.15) is 13.3 Å². The topological polar surface area (TPSA) is 91.3 Å². The molecule has 0 saturated carbocycles. The third kappa shape index (κ3) is 2.45. The first-order chi connectivity index (χ1) is 8.99. The molecule has 0 amide bonds. The van der Waals surface area contributed by atoms with Crippen LogP contribution < -0.4 is 0 Å². The van der Waals surface area contributed by atoms with E-state index in [0.29, 0.717) is 0 Å². The van der Waals surface area contributed by atoms with Gasteiger partial charge < -0.3 is 24.1 Å². The van der Waals surface area contributed by atoms with Gasteiger partial charge in [-0.3, -0.25) is 9.59 Å². The van der Waals surface area contributed by atoms with Crippen molar-refractivity contribution in [3.63, 3.8) is 0 Å². The quantitative estimate of drug-likeness (QED) is 0.689. The van der Waals surface area contributed by atoms with Gasteiger partial charge in [-0.25, -0.2) is 0 Å². The molecule has 0 aromatic heterocycles. The Bertz CT molecular complexity index is 369. The Balaban J connectivity index is 2.32. The number of cyclic esters (lactones) is 1. The van der Waals surface area contributed by atoms with Gasteiger partial charge in [0.2, 0.25) is 0 Å². The minimum Gasteiger partial charge on any atom is -0.469 e. The first-order valence-electron chi connectivity index (χ1n) is 6.13. The summed E-state index contributed by atoms with van der Waals surface area (Å²) in [5, 5.41) is 9.99. The second kappa shape index (κ2) is 5.44. The molecule has 0 aromatic rings. The Labute approximate surface area is 110 Å². The van der Waals surface area contributed by atoms with Gasteiger partial charge in [0.15, 0.2) is 12.6 Å². The van der Waals surface area contributed by atoms with E-state index < -0.39 is 48.4 Å². The summed E-state index contributed by atoms with van der Waals surface area (Å²) in [6.45, 7) is 1.67. The molecule has 2 heterocycles. The summed E-state index contributed by atoms with van der Waals surface area (Å²) in [4.78, 5) is 23.4. The van der Waals surface area contributed by atoms with E-state index in [-0.39, 0.29) is 6.42 Å². The molecule has 0 aromatic carbocycles. The minimum atomic E-state index is -1.14. The summed E-state index contributed by atoms with van der Waals surface area (Å²) in [5.74, 6) is -2.55. The zero-order valence-electron chi connectivity index (χ0n) is 11.1. The average molecular weight is 274 g/mol. The lowest BCUT2D eigenvalue weighted by atomic mass is 9.72. The number of hydrogen-bond donors (Lipinski definition) is 1. The highest BCUT2D eigenvalue weighted by Crippen LogP contribution is 2.43. The van der Waals surface area contributed by atoms with E-state index in [1.54, 1.807) is 6.92 Å². The molecule has 2 unspecified atom stereocenters. The Morgan fingerprint density at radius 2 is 2.11 bits per heavy atom. The fraction of sp³-hybridized carbons (Fsp3) is 0.833. The number of esters is 2. The Morgan fingerprint density at radius 3 is 2.68 bits per heavy atom. The molecule has 1 N–H and O–H groups in total. The minimum absolute atomic E-state index is 0.0368. The maximum Gasteiger partial charge on any atom is 0.314 e. The van der Waals surface area contributed by atoms with Gasteiger partial charge in [0.05, 0.1) is 13.0 Å². The zero-order chi connectivity index (χ0) is 14.2. The maximum atomic E-state index is 11.9. The SMILES string of the molecule is COC(=O)[C@@H]1C2CC(=O)O[C@H](C)C2[C@H](O)O[C@H]1OC. The molecule has 19 heavy (non-hydrogen) atoms. The number of ether oxygens (including phenoxy) is 4. The average Bonchev–Trinajstić information content (AvgIpc) is 2.36. The van der Waals surface area contributed by atoms with Crippen molar-refractivity contribution in [1.29, 1.82) is 0 Å². The monoisotopic (exact) mass is 274 g/mol. The number of carbonyl (C=O) groups is 2. The van der Waals surface area contributed by atoms with Crippen LogP contribution in [-0.4, -0.2) is 49.9 Å². The van der Waals surface area contributed by atoms with Gasteiger partial charge in [0.25, 0.3) is 0 Å². The largest absolute Gasteiger partial charge is 0.469 e. The molecule has 0 spiro atoms. The molecule has 2 aliphatic heterocycles. The standard InChI is InChI=1S/C12H18O7/c1-5-8-6(4-7(13)18-5)9(10(14)16-2)12(17-3)19-11(8)15/h5-6,8-9,11-12,15H,4H2,1-3H3/t5-,6?,8?,9+,11-,12-/m1/s1. The van der Waals surface area contributed by atoms with Crippen LogP contribution in [0.15, 0.2) is 0 Å². The first-order valence-corrected chi connectivity index (χ1v) is 6.13. The summed E-state index contributed by atoms with van der Waals surface area (Å²) < 4.78 is 20.2. The summed E-state index contributed by atoms with van der Waals surface area (Å²) in [6.07, 6.45) is -2.55. The van der Waals surface area contributed by atoms with Gasteiger partial charge in [-0.15, -0.1) is 0 Å². The van der Waals surface area contributed by atoms with Crippen LogP contribution in [0.4, 0.5) is 0 Å². The van der Waals surface area contributed by atoms with Crippen molar-refractivity contribution >= 4 is 11.9 Å². The highest BCUT2D eigenvalue weighted by atomic mass is 16.7. The van der Waals surface area contributed by atoms with E-state index in [1.165, 1.54) is 14.2 Å². The third-order valence-corrected chi connectivity index (χ3v) is 3.82. The normalized spacial score (nSPS) is 42.2. The van der Waals surface area contributed by atoms with Crippen LogP contribution in [-0.2, 0) is 28.5 Å². The maximum absolute atomic E-state index is 11.9. The second-order valence-electron chi connectivity index (χ2n) is 4.82. The van der Waals surface area contributed by atoms with Crippen LogP contribution >= 0.6 is 0 Å². The number of hydrogen-bond acceptors (Lipinski definition) is 7. The molecule has 6 atom stereocenters. The van der Waals surface area contributed by atoms with E-state index >= 15 is 0 Å². The van der Waals surface area contributed by atoms with Crippen molar-refractivity contribution in [3.8, 4) is 0 Å². The molecule has 2 rings (SSSR count). The van der Waals surface area contributed by atoms with Crippen molar-refractivity contribution < 1.29 is 33.6 Å². The van der Waals surface area contributed by atoms with E-state index in [0.717, 1.165) is 0 Å². The lowest BCUT2D eigenvalue weighted by Crippen LogP contribution is -2.57. The smallest absolute Gasteiger partial charge is 0.314 e. The van der Waals surface area contributed by atoms with E-state index in [1.807, 2.05) is 0 Å². The lowest BCUT2D eigenvalue weighted by Gasteiger charge is -2.47. The van der Waals surface area contributed by atoms with Crippen LogP contribution in [0.5, 0.6) is 0 Å². The van der Waals surface area contributed by atoms with Gasteiger partial charge in [0, 0.05) is 13.5 Å². The summed E-state index contributed by atoms with van der Waals surface area (Å²) in [7, 11) is 2.64. The third-order valence-electron chi connectivity index (χ3n) is 3.82. The lowest BCUT2D eigenvalue weighted by molar-refractivity contribution is -0.315. The molecule has 7 nitrogen and oxygen atoms in total. The molecular weight excluding hydrogens is 256 g/mol. The fourth-order valence-electron chi connectivity index (χ4n) is 2.96. The molecule has 2 aliphatic rings. The Kier molecular flexibility index (Phi) is 4.07. The molecule has 0 radical (unpaired) electrons. The van der Waals surface area contributed by atoms with Crippen LogP contribution in [0, 0.1) is 17.8 Å². The molecule has 0 bridgehead atoms. The van der Waals surface area contributed by atoms with E-state index in [4.69, 9.17) is 18.9 Å². The van der Waals surface area contributed by atoms with Crippen LogP contribution in [0.3, 0.4) is 0 Å². The van der Waals surface area contributed by atoms with Crippen LogP contribution in [0.2, 0.25) is 0 Å². The van der Waals surface area contributed by atoms with Gasteiger partial charge in [0.1, 0.15) is 12.0 Å². The zero-order valence-corrected chi connectivity index (χ0v) is 11.1. The van der Waals surface area contributed by atoms with Gasteiger partial charge in [-0.2, -0.15) is 0 Å². The number of methoxy groups -OCH3 is 2. The Hall–Kier alpha value is -1.18. The molecule has 2 saturated heterocycles. The number of fused-ring (bicyclic) bond motifs is 1. The molecular formula is C12H18O7. The predicted molar refractivity (Wildman–Crippen MR) is 60.5 cm³/mol. The van der Waals surface area contributed by atoms with E-state index in [9.17, 15) is 14.7 Å². The molecule has 7 heteroatoms. The van der Waals surface area contributed by atoms with Crippen molar-refractivity contribution in [2.75, 3.05) is 14.2 Å². The highest BCUT2D eigenvalue weighted by Gasteiger charge is 2.54. The number of aliphatic hydroxyl groups excluding tert-OH is 1. The molecule has 2 fully saturated rings. The van der Waals surface area contributed by atoms with Gasteiger partial charge >= 0.3 is 11.9 Å². The van der Waals surface area contributed by atoms with Crippen molar-refractivity contribution in [3.05, 3.63) is 0 Å². The van der Waals surface area contributed by atoms with Crippen LogP contribution in [0.25, 0.3) is 0 Å². The molecule has 0 aliphatic carbocycles. The van der Waals surface area contributed by atoms with E-state index in [2.05, 4.69) is 0 Å². The number of carbonyl (C=O) groups excluding carboxylic acids is 2. The second-order valence-corrected chi connectivity index (χ2v) is 4.82. The Morgan fingerprint density at radius 1 is 1.42 bits per heavy atom. The number of aliphatic hydroxyl groups is 1. The highest BCUT2D eigenvalue weighted by molar-refractivity contribution is 5.76. The summed E-state index contributed by atoms with van der Waals surface area (Å²) >= 11 is 0. The van der Waals surface area contributed by atoms with Crippen molar-refractivity contribution in [1.82, 2.24) is 0 Å². The fourth-order valence-corrected chi connectivity index (χ4v) is 2.96. The summed E-state index contributed by atoms with van der Waals surface area (Å²) in [5.41, 5.74) is 0.